The second kappa shape index (κ2) is 6.08. The number of carbonyl (C=O) groups is 1. The Hall–Kier alpha value is -2.52. The summed E-state index contributed by atoms with van der Waals surface area (Å²) < 4.78 is 1.88. The van der Waals surface area contributed by atoms with Gasteiger partial charge in [0.2, 0.25) is 0 Å². The van der Waals surface area contributed by atoms with Gasteiger partial charge in [-0.1, -0.05) is 17.8 Å². The lowest BCUT2D eigenvalue weighted by atomic mass is 10.2. The van der Waals surface area contributed by atoms with Crippen LogP contribution in [-0.4, -0.2) is 30.3 Å². The van der Waals surface area contributed by atoms with Crippen LogP contribution in [0.25, 0.3) is 15.9 Å². The van der Waals surface area contributed by atoms with Crippen LogP contribution in [0.2, 0.25) is 0 Å². The molecule has 9 heteroatoms. The number of thiophene rings is 1. The second-order valence-electron chi connectivity index (χ2n) is 5.51. The molecule has 7 nitrogen and oxygen atoms in total. The summed E-state index contributed by atoms with van der Waals surface area (Å²) in [6, 6.07) is 5.68. The van der Waals surface area contributed by atoms with E-state index in [-0.39, 0.29) is 11.3 Å². The number of Topliss-reactive ketones (excluding diaryl/α,β-unsaturated/α-hetero) is 1. The van der Waals surface area contributed by atoms with E-state index < -0.39 is 0 Å². The fourth-order valence-electron chi connectivity index (χ4n) is 2.64. The molecule has 0 amide bonds. The molecule has 4 aromatic rings. The van der Waals surface area contributed by atoms with Crippen LogP contribution in [0.15, 0.2) is 34.3 Å². The highest BCUT2D eigenvalue weighted by Crippen LogP contribution is 2.28. The summed E-state index contributed by atoms with van der Waals surface area (Å²) in [5.41, 5.74) is 1.25. The Balaban J connectivity index is 1.68. The van der Waals surface area contributed by atoms with Gasteiger partial charge in [-0.2, -0.15) is 0 Å². The van der Waals surface area contributed by atoms with Crippen LogP contribution < -0.4 is 5.56 Å². The number of aromatic amines is 1. The molecule has 0 saturated carbocycles. The van der Waals surface area contributed by atoms with Gasteiger partial charge in [0.15, 0.2) is 16.6 Å². The van der Waals surface area contributed by atoms with E-state index in [0.717, 1.165) is 10.8 Å². The zero-order valence-corrected chi connectivity index (χ0v) is 15.1. The lowest BCUT2D eigenvalue weighted by Crippen LogP contribution is -2.11. The van der Waals surface area contributed by atoms with E-state index in [1.807, 2.05) is 28.8 Å². The molecule has 1 N–H and O–H groups in total. The first-order valence-electron chi connectivity index (χ1n) is 7.50. The number of ketones is 1. The SMILES string of the molecule is CC(=O)c1sc2nc(CSc3nnc4ccccn34)[nH]c(=O)c2c1C. The van der Waals surface area contributed by atoms with Gasteiger partial charge in [0.05, 0.1) is 16.0 Å². The number of aryl methyl sites for hydroxylation is 1. The van der Waals surface area contributed by atoms with Crippen LogP contribution in [0.3, 0.4) is 0 Å². The highest BCUT2D eigenvalue weighted by atomic mass is 32.2. The van der Waals surface area contributed by atoms with Crippen molar-refractivity contribution >= 4 is 44.7 Å². The summed E-state index contributed by atoms with van der Waals surface area (Å²) in [7, 11) is 0. The van der Waals surface area contributed by atoms with E-state index in [1.54, 1.807) is 6.92 Å². The minimum atomic E-state index is -0.215. The van der Waals surface area contributed by atoms with Gasteiger partial charge in [0.25, 0.3) is 5.56 Å². The van der Waals surface area contributed by atoms with Crippen LogP contribution >= 0.6 is 23.1 Å². The van der Waals surface area contributed by atoms with E-state index in [1.165, 1.54) is 30.0 Å². The predicted molar refractivity (Wildman–Crippen MR) is 97.5 cm³/mol. The van der Waals surface area contributed by atoms with Crippen LogP contribution in [-0.2, 0) is 5.75 Å². The van der Waals surface area contributed by atoms with Crippen molar-refractivity contribution in [2.45, 2.75) is 24.8 Å². The Morgan fingerprint density at radius 3 is 3.00 bits per heavy atom. The predicted octanol–water partition coefficient (Wildman–Crippen LogP) is 2.83. The minimum Gasteiger partial charge on any atom is -0.309 e. The van der Waals surface area contributed by atoms with Crippen LogP contribution in [0.5, 0.6) is 0 Å². The van der Waals surface area contributed by atoms with Crippen molar-refractivity contribution in [2.24, 2.45) is 0 Å². The Bertz CT molecular complexity index is 1170. The molecular weight excluding hydrogens is 358 g/mol. The van der Waals surface area contributed by atoms with Gasteiger partial charge in [0.1, 0.15) is 10.7 Å². The van der Waals surface area contributed by atoms with Crippen molar-refractivity contribution < 1.29 is 4.79 Å². The normalized spacial score (nSPS) is 11.4. The maximum Gasteiger partial charge on any atom is 0.259 e. The van der Waals surface area contributed by atoms with E-state index in [0.29, 0.717) is 32.2 Å². The van der Waals surface area contributed by atoms with Gasteiger partial charge < -0.3 is 4.98 Å². The highest BCUT2D eigenvalue weighted by molar-refractivity contribution is 7.98. The molecule has 4 rings (SSSR count). The zero-order chi connectivity index (χ0) is 17.6. The summed E-state index contributed by atoms with van der Waals surface area (Å²) in [5, 5.41) is 9.47. The molecule has 4 aromatic heterocycles. The molecule has 0 aliphatic rings. The van der Waals surface area contributed by atoms with Gasteiger partial charge in [-0.3, -0.25) is 14.0 Å². The van der Waals surface area contributed by atoms with Crippen molar-refractivity contribution in [3.8, 4) is 0 Å². The van der Waals surface area contributed by atoms with Gasteiger partial charge in [0, 0.05) is 6.20 Å². The highest BCUT2D eigenvalue weighted by Gasteiger charge is 2.17. The van der Waals surface area contributed by atoms with E-state index in [2.05, 4.69) is 20.2 Å². The summed E-state index contributed by atoms with van der Waals surface area (Å²) in [6.07, 6.45) is 1.89. The molecule has 0 aliphatic heterocycles. The molecule has 0 radical (unpaired) electrons. The first-order chi connectivity index (χ1) is 12.0. The lowest BCUT2D eigenvalue weighted by molar-refractivity contribution is 0.102. The smallest absolute Gasteiger partial charge is 0.259 e. The molecule has 126 valence electrons. The standard InChI is InChI=1S/C16H13N5O2S2/c1-8-12-14(23)17-10(18-15(12)25-13(8)9(2)22)7-24-16-20-19-11-5-3-4-6-21(11)16/h3-6H,7H2,1-2H3,(H,17,18,23). The number of aromatic nitrogens is 5. The Morgan fingerprint density at radius 1 is 1.36 bits per heavy atom. The summed E-state index contributed by atoms with van der Waals surface area (Å²) >= 11 is 2.70. The number of hydrogen-bond acceptors (Lipinski definition) is 7. The average Bonchev–Trinajstić information content (AvgIpc) is 3.14. The fourth-order valence-corrected chi connectivity index (χ4v) is 4.53. The molecule has 0 spiro atoms. The molecule has 0 aromatic carbocycles. The first-order valence-corrected chi connectivity index (χ1v) is 9.30. The molecule has 0 saturated heterocycles. The third-order valence-corrected chi connectivity index (χ3v) is 6.03. The topological polar surface area (TPSA) is 93.0 Å². The van der Waals surface area contributed by atoms with Crippen molar-refractivity contribution in [1.29, 1.82) is 0 Å². The minimum absolute atomic E-state index is 0.0502. The third kappa shape index (κ3) is 2.75. The van der Waals surface area contributed by atoms with E-state index in [4.69, 9.17) is 0 Å². The number of thioether (sulfide) groups is 1. The molecule has 25 heavy (non-hydrogen) atoms. The maximum absolute atomic E-state index is 12.4. The second-order valence-corrected chi connectivity index (χ2v) is 7.45. The van der Waals surface area contributed by atoms with Crippen molar-refractivity contribution in [3.63, 3.8) is 0 Å². The van der Waals surface area contributed by atoms with Gasteiger partial charge in [-0.15, -0.1) is 21.5 Å². The molecule has 4 heterocycles. The van der Waals surface area contributed by atoms with E-state index in [9.17, 15) is 9.59 Å². The Kier molecular flexibility index (Phi) is 3.89. The number of rotatable bonds is 4. The van der Waals surface area contributed by atoms with Crippen LogP contribution in [0.4, 0.5) is 0 Å². The van der Waals surface area contributed by atoms with Crippen LogP contribution in [0, 0.1) is 6.92 Å². The molecule has 0 aliphatic carbocycles. The largest absolute Gasteiger partial charge is 0.309 e. The molecular formula is C16H13N5O2S2. The Labute approximate surface area is 150 Å². The first kappa shape index (κ1) is 16.0. The quantitative estimate of drug-likeness (QED) is 0.438. The zero-order valence-electron chi connectivity index (χ0n) is 13.4. The number of H-pyrrole nitrogens is 1. The fraction of sp³-hybridized carbons (Fsp3) is 0.188. The van der Waals surface area contributed by atoms with Crippen LogP contribution in [0.1, 0.15) is 28.0 Å². The average molecular weight is 371 g/mol. The molecule has 0 bridgehead atoms. The van der Waals surface area contributed by atoms with Gasteiger partial charge >= 0.3 is 0 Å². The van der Waals surface area contributed by atoms with Crippen molar-refractivity contribution in [2.75, 3.05) is 0 Å². The summed E-state index contributed by atoms with van der Waals surface area (Å²) in [6.45, 7) is 3.28. The molecule has 0 atom stereocenters. The maximum atomic E-state index is 12.4. The molecule has 0 fully saturated rings. The van der Waals surface area contributed by atoms with Gasteiger partial charge in [-0.05, 0) is 31.5 Å². The van der Waals surface area contributed by atoms with Crippen molar-refractivity contribution in [3.05, 3.63) is 51.0 Å². The van der Waals surface area contributed by atoms with Gasteiger partial charge in [-0.25, -0.2) is 4.98 Å². The molecule has 0 unspecified atom stereocenters. The number of hydrogen-bond donors (Lipinski definition) is 1. The summed E-state index contributed by atoms with van der Waals surface area (Å²) in [5.74, 6) is 0.949. The summed E-state index contributed by atoms with van der Waals surface area (Å²) in [4.78, 5) is 32.6. The number of nitrogens with zero attached hydrogens (tertiary/aromatic N) is 4. The number of fused-ring (bicyclic) bond motifs is 2. The van der Waals surface area contributed by atoms with Crippen molar-refractivity contribution in [1.82, 2.24) is 24.6 Å². The number of carbonyl (C=O) groups excluding carboxylic acids is 1. The number of pyridine rings is 1. The van der Waals surface area contributed by atoms with E-state index >= 15 is 0 Å². The monoisotopic (exact) mass is 371 g/mol. The third-order valence-electron chi connectivity index (χ3n) is 3.79. The number of nitrogens with one attached hydrogen (secondary N) is 1. The Morgan fingerprint density at radius 2 is 2.20 bits per heavy atom. The lowest BCUT2D eigenvalue weighted by Gasteiger charge is -2.01.